The fourth-order valence-corrected chi connectivity index (χ4v) is 1.94. The maximum atomic E-state index is 11.2. The standard InChI is InChI=1S/C13H11ClN4O2/c14-7-1-2-11(20-4-3-15)8(5-7)10-6-9(13(17)19)12(16)18-10/h1-2,5-6,18H,4,16H2,(H2,17,19). The second-order valence-corrected chi connectivity index (χ2v) is 4.40. The summed E-state index contributed by atoms with van der Waals surface area (Å²) in [6.07, 6.45) is 0. The lowest BCUT2D eigenvalue weighted by atomic mass is 10.1. The van der Waals surface area contributed by atoms with Crippen LogP contribution in [0.1, 0.15) is 10.4 Å². The summed E-state index contributed by atoms with van der Waals surface area (Å²) in [6.45, 7) is -0.104. The number of carbonyl (C=O) groups is 1. The van der Waals surface area contributed by atoms with Crippen LogP contribution < -0.4 is 16.2 Å². The van der Waals surface area contributed by atoms with Gasteiger partial charge in [0.1, 0.15) is 17.6 Å². The molecule has 0 aliphatic rings. The molecule has 0 unspecified atom stereocenters. The molecule has 0 saturated heterocycles. The van der Waals surface area contributed by atoms with Crippen LogP contribution in [-0.2, 0) is 0 Å². The first-order chi connectivity index (χ1) is 9.52. The number of nitrogens with one attached hydrogen (secondary N) is 1. The van der Waals surface area contributed by atoms with Gasteiger partial charge in [-0.1, -0.05) is 11.6 Å². The van der Waals surface area contributed by atoms with Crippen LogP contribution in [0.3, 0.4) is 0 Å². The highest BCUT2D eigenvalue weighted by molar-refractivity contribution is 6.31. The van der Waals surface area contributed by atoms with Gasteiger partial charge in [0, 0.05) is 10.6 Å². The van der Waals surface area contributed by atoms with Crippen LogP contribution in [0.15, 0.2) is 24.3 Å². The molecule has 0 aliphatic carbocycles. The Hall–Kier alpha value is -2.65. The number of primary amides is 1. The summed E-state index contributed by atoms with van der Waals surface area (Å²) < 4.78 is 5.31. The number of aromatic amines is 1. The molecule has 1 heterocycles. The molecule has 0 radical (unpaired) electrons. The Morgan fingerprint density at radius 3 is 2.80 bits per heavy atom. The lowest BCUT2D eigenvalue weighted by Gasteiger charge is -2.08. The van der Waals surface area contributed by atoms with Crippen molar-refractivity contribution in [3.63, 3.8) is 0 Å². The maximum absolute atomic E-state index is 11.2. The quantitative estimate of drug-likeness (QED) is 0.797. The number of H-pyrrole nitrogens is 1. The third-order valence-electron chi connectivity index (χ3n) is 2.64. The minimum atomic E-state index is -0.633. The highest BCUT2D eigenvalue weighted by atomic mass is 35.5. The monoisotopic (exact) mass is 290 g/mol. The van der Waals surface area contributed by atoms with Gasteiger partial charge in [-0.05, 0) is 24.3 Å². The zero-order valence-electron chi connectivity index (χ0n) is 10.3. The molecule has 20 heavy (non-hydrogen) atoms. The number of aromatic nitrogens is 1. The first kappa shape index (κ1) is 13.8. The van der Waals surface area contributed by atoms with Crippen LogP contribution in [0.2, 0.25) is 5.02 Å². The number of halogens is 1. The van der Waals surface area contributed by atoms with E-state index in [0.717, 1.165) is 0 Å². The van der Waals surface area contributed by atoms with Crippen LogP contribution in [0.25, 0.3) is 11.3 Å². The minimum Gasteiger partial charge on any atom is -0.478 e. The number of benzene rings is 1. The lowest BCUT2D eigenvalue weighted by Crippen LogP contribution is -2.11. The fourth-order valence-electron chi connectivity index (χ4n) is 1.77. The van der Waals surface area contributed by atoms with Gasteiger partial charge >= 0.3 is 0 Å². The number of ether oxygens (including phenoxy) is 1. The van der Waals surface area contributed by atoms with Gasteiger partial charge in [-0.2, -0.15) is 5.26 Å². The van der Waals surface area contributed by atoms with Crippen molar-refractivity contribution in [3.8, 4) is 23.1 Å². The predicted octanol–water partition coefficient (Wildman–Crippen LogP) is 1.92. The van der Waals surface area contributed by atoms with E-state index < -0.39 is 5.91 Å². The minimum absolute atomic E-state index is 0.104. The smallest absolute Gasteiger partial charge is 0.252 e. The van der Waals surface area contributed by atoms with E-state index in [1.165, 1.54) is 6.07 Å². The maximum Gasteiger partial charge on any atom is 0.252 e. The van der Waals surface area contributed by atoms with E-state index in [2.05, 4.69) is 4.98 Å². The van der Waals surface area contributed by atoms with E-state index in [1.54, 1.807) is 18.2 Å². The molecule has 102 valence electrons. The summed E-state index contributed by atoms with van der Waals surface area (Å²) >= 11 is 5.95. The Balaban J connectivity index is 2.51. The van der Waals surface area contributed by atoms with Gasteiger partial charge in [0.05, 0.1) is 11.3 Å². The molecular formula is C13H11ClN4O2. The summed E-state index contributed by atoms with van der Waals surface area (Å²) in [5.41, 5.74) is 12.2. The molecule has 5 N–H and O–H groups in total. The number of nitrogen functional groups attached to an aromatic ring is 1. The molecule has 0 bridgehead atoms. The molecule has 6 nitrogen and oxygen atoms in total. The number of anilines is 1. The summed E-state index contributed by atoms with van der Waals surface area (Å²) in [5.74, 6) is -0.0153. The average Bonchev–Trinajstić information content (AvgIpc) is 2.79. The number of hydrogen-bond donors (Lipinski definition) is 3. The highest BCUT2D eigenvalue weighted by Crippen LogP contribution is 2.33. The molecule has 1 amide bonds. The molecule has 2 aromatic rings. The summed E-state index contributed by atoms with van der Waals surface area (Å²) in [7, 11) is 0. The van der Waals surface area contributed by atoms with Gasteiger partial charge in [0.2, 0.25) is 0 Å². The number of nitriles is 1. The molecule has 0 saturated carbocycles. The van der Waals surface area contributed by atoms with Crippen molar-refractivity contribution in [1.29, 1.82) is 5.26 Å². The normalized spacial score (nSPS) is 10.0. The van der Waals surface area contributed by atoms with Crippen LogP contribution in [0, 0.1) is 11.3 Å². The van der Waals surface area contributed by atoms with Gasteiger partial charge in [0.15, 0.2) is 6.61 Å². The second-order valence-electron chi connectivity index (χ2n) is 3.96. The number of rotatable bonds is 4. The van der Waals surface area contributed by atoms with Crippen LogP contribution in [0.5, 0.6) is 5.75 Å². The Labute approximate surface area is 119 Å². The summed E-state index contributed by atoms with van der Waals surface area (Å²) in [6, 6.07) is 8.31. The number of nitrogens with zero attached hydrogens (tertiary/aromatic N) is 1. The van der Waals surface area contributed by atoms with Gasteiger partial charge in [-0.25, -0.2) is 0 Å². The molecule has 0 spiro atoms. The number of hydrogen-bond acceptors (Lipinski definition) is 4. The van der Waals surface area contributed by atoms with Gasteiger partial charge in [0.25, 0.3) is 5.91 Å². The molecule has 7 heteroatoms. The molecule has 1 aromatic carbocycles. The van der Waals surface area contributed by atoms with E-state index in [-0.39, 0.29) is 18.0 Å². The largest absolute Gasteiger partial charge is 0.478 e. The number of carbonyl (C=O) groups excluding carboxylic acids is 1. The van der Waals surface area contributed by atoms with Crippen molar-refractivity contribution in [2.24, 2.45) is 5.73 Å². The van der Waals surface area contributed by atoms with Crippen molar-refractivity contribution in [2.75, 3.05) is 12.3 Å². The molecule has 2 rings (SSSR count). The zero-order valence-corrected chi connectivity index (χ0v) is 11.1. The first-order valence-corrected chi connectivity index (χ1v) is 5.98. The first-order valence-electron chi connectivity index (χ1n) is 5.61. The van der Waals surface area contributed by atoms with Crippen molar-refractivity contribution in [3.05, 3.63) is 34.9 Å². The van der Waals surface area contributed by atoms with Crippen LogP contribution >= 0.6 is 11.6 Å². The highest BCUT2D eigenvalue weighted by Gasteiger charge is 2.15. The molecular weight excluding hydrogens is 280 g/mol. The van der Waals surface area contributed by atoms with Crippen LogP contribution in [0.4, 0.5) is 5.82 Å². The Kier molecular flexibility index (Phi) is 3.82. The predicted molar refractivity (Wildman–Crippen MR) is 75.3 cm³/mol. The molecule has 1 aromatic heterocycles. The SMILES string of the molecule is N#CCOc1ccc(Cl)cc1-c1cc(C(N)=O)c(N)[nH]1. The van der Waals surface area contributed by atoms with E-state index in [0.29, 0.717) is 22.0 Å². The topological polar surface area (TPSA) is 118 Å². The molecule has 0 atom stereocenters. The van der Waals surface area contributed by atoms with Crippen molar-refractivity contribution in [1.82, 2.24) is 4.98 Å². The zero-order chi connectivity index (χ0) is 14.7. The Morgan fingerprint density at radius 1 is 1.45 bits per heavy atom. The molecule has 0 fully saturated rings. The van der Waals surface area contributed by atoms with E-state index >= 15 is 0 Å². The van der Waals surface area contributed by atoms with E-state index in [4.69, 9.17) is 33.1 Å². The Bertz CT molecular complexity index is 703. The fraction of sp³-hybridized carbons (Fsp3) is 0.0769. The second kappa shape index (κ2) is 5.55. The third kappa shape index (κ3) is 2.68. The summed E-state index contributed by atoms with van der Waals surface area (Å²) in [4.78, 5) is 14.1. The van der Waals surface area contributed by atoms with Gasteiger partial charge in [-0.3, -0.25) is 4.79 Å². The van der Waals surface area contributed by atoms with Crippen molar-refractivity contribution in [2.45, 2.75) is 0 Å². The Morgan fingerprint density at radius 2 is 2.20 bits per heavy atom. The average molecular weight is 291 g/mol. The molecule has 0 aliphatic heterocycles. The van der Waals surface area contributed by atoms with Crippen molar-refractivity contribution >= 4 is 23.3 Å². The van der Waals surface area contributed by atoms with Crippen molar-refractivity contribution < 1.29 is 9.53 Å². The van der Waals surface area contributed by atoms with Gasteiger partial charge < -0.3 is 21.2 Å². The lowest BCUT2D eigenvalue weighted by molar-refractivity contribution is 0.100. The number of amides is 1. The summed E-state index contributed by atoms with van der Waals surface area (Å²) in [5, 5.41) is 9.06. The van der Waals surface area contributed by atoms with Crippen LogP contribution in [-0.4, -0.2) is 17.5 Å². The van der Waals surface area contributed by atoms with E-state index in [9.17, 15) is 4.79 Å². The van der Waals surface area contributed by atoms with Gasteiger partial charge in [-0.15, -0.1) is 0 Å². The number of nitrogens with two attached hydrogens (primary N) is 2. The van der Waals surface area contributed by atoms with E-state index in [1.807, 2.05) is 6.07 Å². The third-order valence-corrected chi connectivity index (χ3v) is 2.87.